The first-order chi connectivity index (χ1) is 19.0. The molecule has 1 fully saturated rings. The molecule has 2 heterocycles. The van der Waals surface area contributed by atoms with E-state index < -0.39 is 50.1 Å². The van der Waals surface area contributed by atoms with E-state index in [2.05, 4.69) is 10.1 Å². The summed E-state index contributed by atoms with van der Waals surface area (Å²) in [5, 5.41) is 2.95. The van der Waals surface area contributed by atoms with Crippen molar-refractivity contribution in [3.63, 3.8) is 0 Å². The Morgan fingerprint density at radius 3 is 2.67 bits per heavy atom. The Balaban J connectivity index is 1.44. The molecule has 4 rings (SSSR count). The third-order valence-corrected chi connectivity index (χ3v) is 8.00. The van der Waals surface area contributed by atoms with Crippen molar-refractivity contribution in [1.82, 2.24) is 14.6 Å². The number of carbonyl (C=O) groups is 1. The second-order valence-corrected chi connectivity index (χ2v) is 11.2. The topological polar surface area (TPSA) is 147 Å². The van der Waals surface area contributed by atoms with Crippen LogP contribution >= 0.6 is 30.9 Å². The molecule has 3 aromatic rings. The third kappa shape index (κ3) is 7.82. The van der Waals surface area contributed by atoms with E-state index in [1.165, 1.54) is 35.9 Å². The van der Waals surface area contributed by atoms with Crippen molar-refractivity contribution in [3.05, 3.63) is 96.7 Å². The molecule has 12 nitrogen and oxygen atoms in total. The fourth-order valence-corrected chi connectivity index (χ4v) is 5.30. The smallest absolute Gasteiger partial charge is 0.459 e. The van der Waals surface area contributed by atoms with Gasteiger partial charge in [-0.1, -0.05) is 53.5 Å². The molecule has 4 atom stereocenters. The lowest BCUT2D eigenvalue weighted by Gasteiger charge is -2.24. The highest BCUT2D eigenvalue weighted by Crippen LogP contribution is 2.46. The van der Waals surface area contributed by atoms with Gasteiger partial charge in [0.2, 0.25) is 0 Å². The van der Waals surface area contributed by atoms with Gasteiger partial charge in [0.05, 0.1) is 16.7 Å². The second kappa shape index (κ2) is 13.1. The number of halogens is 2. The molecule has 1 aliphatic heterocycles. The minimum atomic E-state index is -4.28. The minimum absolute atomic E-state index is 0.0131. The molecule has 0 saturated carbocycles. The first-order valence-electron chi connectivity index (χ1n) is 12.0. The van der Waals surface area contributed by atoms with Crippen LogP contribution in [0.25, 0.3) is 0 Å². The van der Waals surface area contributed by atoms with Gasteiger partial charge in [0.15, 0.2) is 12.5 Å². The number of H-pyrrole nitrogens is 1. The van der Waals surface area contributed by atoms with E-state index in [1.807, 2.05) is 18.2 Å². The van der Waals surface area contributed by atoms with Crippen LogP contribution in [0, 0.1) is 6.92 Å². The van der Waals surface area contributed by atoms with Crippen molar-refractivity contribution in [2.45, 2.75) is 39.0 Å². The molecule has 40 heavy (non-hydrogen) atoms. The zero-order valence-corrected chi connectivity index (χ0v) is 23.8. The predicted octanol–water partition coefficient (Wildman–Crippen LogP) is 3.95. The van der Waals surface area contributed by atoms with Crippen molar-refractivity contribution in [2.75, 3.05) is 13.2 Å². The lowest BCUT2D eigenvalue weighted by Crippen LogP contribution is -2.36. The molecular formula is C25H26Cl2N3O9P. The molecule has 1 aliphatic rings. The van der Waals surface area contributed by atoms with Gasteiger partial charge in [-0.2, -0.15) is 5.09 Å². The molecule has 0 aliphatic carbocycles. The Kier molecular flexibility index (Phi) is 9.85. The van der Waals surface area contributed by atoms with Gasteiger partial charge in [-0.3, -0.25) is 23.7 Å². The van der Waals surface area contributed by atoms with Crippen LogP contribution in [0.5, 0.6) is 5.75 Å². The number of carbonyl (C=O) groups excluding carboxylic acids is 1. The quantitative estimate of drug-likeness (QED) is 0.240. The average Bonchev–Trinajstić information content (AvgIpc) is 3.40. The van der Waals surface area contributed by atoms with Crippen LogP contribution < -0.4 is 20.9 Å². The molecule has 0 spiro atoms. The highest BCUT2D eigenvalue weighted by atomic mass is 35.5. The maximum absolute atomic E-state index is 13.8. The zero-order valence-electron chi connectivity index (χ0n) is 21.4. The molecule has 0 amide bonds. The van der Waals surface area contributed by atoms with E-state index in [0.717, 1.165) is 5.56 Å². The van der Waals surface area contributed by atoms with E-state index in [0.29, 0.717) is 5.56 Å². The summed E-state index contributed by atoms with van der Waals surface area (Å²) in [5.41, 5.74) is -0.108. The number of hydrogen-bond donors (Lipinski definition) is 2. The number of hydrogen-bond acceptors (Lipinski definition) is 9. The summed E-state index contributed by atoms with van der Waals surface area (Å²) in [6, 6.07) is 12.1. The molecule has 1 aromatic heterocycles. The largest absolute Gasteiger partial charge is 0.460 e. The summed E-state index contributed by atoms with van der Waals surface area (Å²) in [4.78, 5) is 38.7. The number of esters is 1. The van der Waals surface area contributed by atoms with Crippen LogP contribution in [0.3, 0.4) is 0 Å². The van der Waals surface area contributed by atoms with E-state index >= 15 is 0 Å². The van der Waals surface area contributed by atoms with Crippen LogP contribution in [0.4, 0.5) is 0 Å². The first-order valence-corrected chi connectivity index (χ1v) is 14.3. The molecule has 2 unspecified atom stereocenters. The SMILES string of the molecule is Cc1cn([C@H]2CO[C@@H](COP(=O)(NC(C)C(=O)OCc3ccccc3)Oc3ccc(Cl)c(Cl)c3)O2)c(=O)[nH]c1=O. The predicted molar refractivity (Wildman–Crippen MR) is 145 cm³/mol. The Hall–Kier alpha value is -2.96. The fraction of sp³-hybridized carbons (Fsp3) is 0.320. The molecule has 15 heteroatoms. The van der Waals surface area contributed by atoms with E-state index in [1.54, 1.807) is 19.1 Å². The van der Waals surface area contributed by atoms with Gasteiger partial charge in [-0.15, -0.1) is 0 Å². The maximum Gasteiger partial charge on any atom is 0.459 e. The number of rotatable bonds is 11. The lowest BCUT2D eigenvalue weighted by atomic mass is 10.2. The lowest BCUT2D eigenvalue weighted by molar-refractivity contribution is -0.146. The van der Waals surface area contributed by atoms with Crippen LogP contribution in [-0.2, 0) is 34.7 Å². The number of nitrogens with one attached hydrogen (secondary N) is 2. The number of benzene rings is 2. The van der Waals surface area contributed by atoms with Crippen molar-refractivity contribution in [1.29, 1.82) is 0 Å². The molecule has 2 N–H and O–H groups in total. The average molecular weight is 614 g/mol. The van der Waals surface area contributed by atoms with Gasteiger partial charge >= 0.3 is 19.4 Å². The normalized spacial score (nSPS) is 19.1. The number of nitrogens with zero attached hydrogens (tertiary/aromatic N) is 1. The molecule has 2 aromatic carbocycles. The minimum Gasteiger partial charge on any atom is -0.460 e. The highest BCUT2D eigenvalue weighted by molar-refractivity contribution is 7.52. The van der Waals surface area contributed by atoms with Crippen molar-refractivity contribution < 1.29 is 32.6 Å². The van der Waals surface area contributed by atoms with Crippen LogP contribution in [0.1, 0.15) is 24.3 Å². The zero-order chi connectivity index (χ0) is 28.9. The fourth-order valence-electron chi connectivity index (χ4n) is 3.54. The Bertz CT molecular complexity index is 1520. The Labute approximate surface area is 238 Å². The van der Waals surface area contributed by atoms with Gasteiger partial charge in [-0.05, 0) is 31.5 Å². The summed E-state index contributed by atoms with van der Waals surface area (Å²) in [7, 11) is -4.28. The number of ether oxygens (including phenoxy) is 3. The third-order valence-electron chi connectivity index (χ3n) is 5.62. The van der Waals surface area contributed by atoms with Gasteiger partial charge in [0.25, 0.3) is 5.56 Å². The molecular weight excluding hydrogens is 588 g/mol. The summed E-state index contributed by atoms with van der Waals surface area (Å²) in [6.45, 7) is 2.53. The molecule has 0 radical (unpaired) electrons. The molecule has 1 saturated heterocycles. The first kappa shape index (κ1) is 30.0. The summed E-state index contributed by atoms with van der Waals surface area (Å²) in [5.74, 6) is -0.650. The van der Waals surface area contributed by atoms with E-state index in [-0.39, 0.29) is 29.0 Å². The van der Waals surface area contributed by atoms with Crippen LogP contribution in [-0.4, -0.2) is 41.1 Å². The molecule has 214 valence electrons. The van der Waals surface area contributed by atoms with Crippen molar-refractivity contribution in [3.8, 4) is 5.75 Å². The summed E-state index contributed by atoms with van der Waals surface area (Å²) < 4.78 is 42.7. The van der Waals surface area contributed by atoms with Gasteiger partial charge < -0.3 is 18.7 Å². The van der Waals surface area contributed by atoms with Gasteiger partial charge in [0.1, 0.15) is 25.0 Å². The number of aromatic amines is 1. The number of aromatic nitrogens is 2. The van der Waals surface area contributed by atoms with Gasteiger partial charge in [0, 0.05) is 17.8 Å². The van der Waals surface area contributed by atoms with Crippen molar-refractivity contribution >= 4 is 36.9 Å². The van der Waals surface area contributed by atoms with Crippen LogP contribution in [0.2, 0.25) is 10.0 Å². The Morgan fingerprint density at radius 1 is 1.20 bits per heavy atom. The number of aryl methyl sites for hydroxylation is 1. The van der Waals surface area contributed by atoms with Crippen LogP contribution in [0.15, 0.2) is 64.3 Å². The van der Waals surface area contributed by atoms with E-state index in [4.69, 9.17) is 46.5 Å². The molecule has 0 bridgehead atoms. The second-order valence-electron chi connectivity index (χ2n) is 8.74. The van der Waals surface area contributed by atoms with Crippen molar-refractivity contribution in [2.24, 2.45) is 0 Å². The Morgan fingerprint density at radius 2 is 1.95 bits per heavy atom. The monoisotopic (exact) mass is 613 g/mol. The highest BCUT2D eigenvalue weighted by Gasteiger charge is 2.36. The van der Waals surface area contributed by atoms with Gasteiger partial charge in [-0.25, -0.2) is 9.36 Å². The summed E-state index contributed by atoms with van der Waals surface area (Å²) in [6.07, 6.45) is -0.579. The standard InChI is InChI=1S/C25H26Cl2N3O9P/c1-15-11-30(25(33)28-23(15)31)21-13-35-22(38-21)14-37-40(34,39-18-8-9-19(26)20(27)10-18)29-16(2)24(32)36-12-17-6-4-3-5-7-17/h3-11,16,21-22H,12-14H2,1-2H3,(H,29,34)(H,28,31,33)/t16?,21-,22-,40?/m1/s1. The maximum atomic E-state index is 13.8. The van der Waals surface area contributed by atoms with E-state index in [9.17, 15) is 18.9 Å². The summed E-state index contributed by atoms with van der Waals surface area (Å²) >= 11 is 12.0.